The quantitative estimate of drug-likeness (QED) is 0.249. The lowest BCUT2D eigenvalue weighted by molar-refractivity contribution is 0.103. The van der Waals surface area contributed by atoms with Crippen LogP contribution in [0.25, 0.3) is 22.0 Å². The van der Waals surface area contributed by atoms with E-state index >= 15 is 0 Å². The molecule has 1 unspecified atom stereocenters. The molecule has 0 spiro atoms. The summed E-state index contributed by atoms with van der Waals surface area (Å²) < 4.78 is 0. The van der Waals surface area contributed by atoms with Crippen molar-refractivity contribution in [1.29, 1.82) is 0 Å². The fourth-order valence-corrected chi connectivity index (χ4v) is 6.21. The number of H-pyrrole nitrogens is 1. The fraction of sp³-hybridized carbons (Fsp3) is 0.171. The summed E-state index contributed by atoms with van der Waals surface area (Å²) in [4.78, 5) is 28.4. The van der Waals surface area contributed by atoms with Crippen LogP contribution < -0.4 is 10.2 Å². The molecule has 3 heterocycles. The molecule has 202 valence electrons. The maximum absolute atomic E-state index is 13.8. The summed E-state index contributed by atoms with van der Waals surface area (Å²) in [7, 11) is 0. The third kappa shape index (κ3) is 4.77. The number of anilines is 1. The fourth-order valence-electron chi connectivity index (χ4n) is 6.21. The van der Waals surface area contributed by atoms with Crippen molar-refractivity contribution in [3.63, 3.8) is 0 Å². The molecule has 0 amide bonds. The number of ketones is 1. The Balaban J connectivity index is 1.26. The molecule has 2 aliphatic rings. The Morgan fingerprint density at radius 2 is 1.83 bits per heavy atom. The lowest BCUT2D eigenvalue weighted by Gasteiger charge is -2.44. The predicted octanol–water partition coefficient (Wildman–Crippen LogP) is 6.29. The summed E-state index contributed by atoms with van der Waals surface area (Å²) in [5.74, 6) is 0.0265. The van der Waals surface area contributed by atoms with Gasteiger partial charge in [0, 0.05) is 60.7 Å². The second kappa shape index (κ2) is 10.6. The number of nitrogens with one attached hydrogen (secondary N) is 2. The summed E-state index contributed by atoms with van der Waals surface area (Å²) in [6, 6.07) is 27.0. The number of aromatic nitrogens is 3. The predicted molar refractivity (Wildman–Crippen MR) is 164 cm³/mol. The van der Waals surface area contributed by atoms with Crippen LogP contribution in [0.1, 0.15) is 28.0 Å². The summed E-state index contributed by atoms with van der Waals surface area (Å²) in [5.41, 5.74) is 7.78. The first-order valence-corrected chi connectivity index (χ1v) is 14.1. The number of para-hydroxylation sites is 1. The molecule has 0 bridgehead atoms. The highest BCUT2D eigenvalue weighted by atomic mass is 16.1. The van der Waals surface area contributed by atoms with Gasteiger partial charge in [-0.3, -0.25) is 9.78 Å². The van der Waals surface area contributed by atoms with Crippen molar-refractivity contribution in [2.45, 2.75) is 24.9 Å². The molecule has 0 radical (unpaired) electrons. The second-order valence-corrected chi connectivity index (χ2v) is 10.8. The number of hydrogen-bond acceptors (Lipinski definition) is 5. The average Bonchev–Trinajstić information content (AvgIpc) is 3.44. The van der Waals surface area contributed by atoms with Crippen LogP contribution in [0.15, 0.2) is 121 Å². The number of benzene rings is 3. The van der Waals surface area contributed by atoms with Crippen LogP contribution in [-0.4, -0.2) is 39.4 Å². The van der Waals surface area contributed by atoms with E-state index in [0.717, 1.165) is 42.7 Å². The van der Waals surface area contributed by atoms with Gasteiger partial charge in [-0.1, -0.05) is 72.8 Å². The third-order valence-electron chi connectivity index (χ3n) is 8.29. The highest BCUT2D eigenvalue weighted by molar-refractivity contribution is 6.17. The molecule has 6 heteroatoms. The van der Waals surface area contributed by atoms with Crippen LogP contribution in [0.3, 0.4) is 0 Å². The number of nitrogens with zero attached hydrogens (tertiary/aromatic N) is 3. The highest BCUT2D eigenvalue weighted by Gasteiger charge is 2.38. The van der Waals surface area contributed by atoms with Gasteiger partial charge in [0.1, 0.15) is 0 Å². The van der Waals surface area contributed by atoms with Gasteiger partial charge in [0.25, 0.3) is 0 Å². The lowest BCUT2D eigenvalue weighted by Crippen LogP contribution is -2.51. The zero-order valence-electron chi connectivity index (χ0n) is 22.8. The van der Waals surface area contributed by atoms with E-state index in [1.165, 1.54) is 22.4 Å². The number of allylic oxidation sites excluding steroid dienone is 2. The minimum Gasteiger partial charge on any atom is -0.360 e. The molecule has 5 aromatic rings. The van der Waals surface area contributed by atoms with Gasteiger partial charge >= 0.3 is 0 Å². The molecular formula is C35H31N5O. The maximum atomic E-state index is 13.8. The van der Waals surface area contributed by atoms with Gasteiger partial charge in [0.2, 0.25) is 0 Å². The van der Waals surface area contributed by atoms with Crippen LogP contribution in [0.4, 0.5) is 5.69 Å². The normalized spacial score (nSPS) is 18.5. The van der Waals surface area contributed by atoms with Gasteiger partial charge in [-0.15, -0.1) is 0 Å². The van der Waals surface area contributed by atoms with Gasteiger partial charge in [-0.05, 0) is 47.4 Å². The van der Waals surface area contributed by atoms with Gasteiger partial charge in [0.05, 0.1) is 23.1 Å². The average molecular weight is 538 g/mol. The molecule has 0 fully saturated rings. The number of Topliss-reactive ketones (excluding diaryl/α,β-unsaturated/α-hetero) is 1. The molecule has 2 N–H and O–H groups in total. The van der Waals surface area contributed by atoms with E-state index in [-0.39, 0.29) is 11.3 Å². The van der Waals surface area contributed by atoms with Gasteiger partial charge in [0.15, 0.2) is 5.78 Å². The number of hydrogen-bond donors (Lipinski definition) is 2. The first-order chi connectivity index (χ1) is 20.2. The van der Waals surface area contributed by atoms with E-state index < -0.39 is 0 Å². The van der Waals surface area contributed by atoms with Crippen molar-refractivity contribution in [2.24, 2.45) is 0 Å². The zero-order valence-corrected chi connectivity index (χ0v) is 22.8. The molecular weight excluding hydrogens is 506 g/mol. The van der Waals surface area contributed by atoms with E-state index in [1.54, 1.807) is 12.5 Å². The minimum atomic E-state index is -0.367. The monoisotopic (exact) mass is 537 g/mol. The van der Waals surface area contributed by atoms with Gasteiger partial charge in [-0.2, -0.15) is 0 Å². The summed E-state index contributed by atoms with van der Waals surface area (Å²) in [6.07, 6.45) is 13.2. The zero-order chi connectivity index (χ0) is 27.6. The lowest BCUT2D eigenvalue weighted by atomic mass is 9.80. The molecule has 1 aliphatic heterocycles. The number of imidazole rings is 1. The highest BCUT2D eigenvalue weighted by Crippen LogP contribution is 2.39. The number of pyridine rings is 1. The van der Waals surface area contributed by atoms with Crippen molar-refractivity contribution < 1.29 is 4.79 Å². The maximum Gasteiger partial charge on any atom is 0.193 e. The topological polar surface area (TPSA) is 73.9 Å². The van der Waals surface area contributed by atoms with Crippen molar-refractivity contribution in [3.05, 3.63) is 138 Å². The van der Waals surface area contributed by atoms with Crippen molar-refractivity contribution in [1.82, 2.24) is 20.3 Å². The largest absolute Gasteiger partial charge is 0.360 e. The minimum absolute atomic E-state index is 0.0265. The summed E-state index contributed by atoms with van der Waals surface area (Å²) in [5, 5.41) is 4.51. The van der Waals surface area contributed by atoms with Crippen LogP contribution in [0.5, 0.6) is 0 Å². The van der Waals surface area contributed by atoms with Crippen molar-refractivity contribution in [2.75, 3.05) is 18.0 Å². The Morgan fingerprint density at radius 3 is 2.66 bits per heavy atom. The van der Waals surface area contributed by atoms with Crippen LogP contribution in [0, 0.1) is 0 Å². The molecule has 0 saturated carbocycles. The molecule has 6 nitrogen and oxygen atoms in total. The van der Waals surface area contributed by atoms with Gasteiger partial charge < -0.3 is 15.2 Å². The smallest absolute Gasteiger partial charge is 0.193 e. The molecule has 1 atom stereocenters. The van der Waals surface area contributed by atoms with Gasteiger partial charge in [-0.25, -0.2) is 4.98 Å². The number of rotatable bonds is 6. The SMILES string of the molecule is O=C(C1=CCC(Cc2c[nH]cn2)(N2CCNCc3cc(-c4ccccc4)ccc32)C=C1)c1ccnc2ccccc12. The number of carbonyl (C=O) groups is 1. The Kier molecular flexibility index (Phi) is 6.53. The van der Waals surface area contributed by atoms with Crippen LogP contribution in [0.2, 0.25) is 0 Å². The van der Waals surface area contributed by atoms with E-state index in [2.05, 4.69) is 79.8 Å². The number of carbonyl (C=O) groups excluding carboxylic acids is 1. The van der Waals surface area contributed by atoms with E-state index in [0.29, 0.717) is 17.6 Å². The molecule has 41 heavy (non-hydrogen) atoms. The Bertz CT molecular complexity index is 1770. The first-order valence-electron chi connectivity index (χ1n) is 14.1. The van der Waals surface area contributed by atoms with Crippen molar-refractivity contribution in [3.8, 4) is 11.1 Å². The molecule has 0 saturated heterocycles. The molecule has 7 rings (SSSR count). The van der Waals surface area contributed by atoms with Crippen molar-refractivity contribution >= 4 is 22.4 Å². The number of aromatic amines is 1. The number of fused-ring (bicyclic) bond motifs is 2. The molecule has 2 aromatic heterocycles. The van der Waals surface area contributed by atoms with E-state index in [9.17, 15) is 4.79 Å². The van der Waals surface area contributed by atoms with E-state index in [4.69, 9.17) is 0 Å². The second-order valence-electron chi connectivity index (χ2n) is 10.8. The standard InChI is InChI=1S/C35H31N5O/c41-34(31-14-17-38-32-9-5-4-8-30(31)32)26-12-15-35(16-13-26,21-29-23-37-24-39-29)40-19-18-36-22-28-20-27(10-11-33(28)40)25-6-2-1-3-7-25/h1-15,17,20,23-24,36H,16,18-19,21-22H2,(H,37,39). The first kappa shape index (κ1) is 25.2. The summed E-state index contributed by atoms with van der Waals surface area (Å²) in [6.45, 7) is 2.52. The molecule has 1 aliphatic carbocycles. The van der Waals surface area contributed by atoms with Crippen LogP contribution >= 0.6 is 0 Å². The van der Waals surface area contributed by atoms with Crippen LogP contribution in [-0.2, 0) is 13.0 Å². The Hall–Kier alpha value is -4.81. The Labute approximate surface area is 239 Å². The Morgan fingerprint density at radius 1 is 0.951 bits per heavy atom. The molecule has 3 aromatic carbocycles. The third-order valence-corrected chi connectivity index (χ3v) is 8.29. The summed E-state index contributed by atoms with van der Waals surface area (Å²) >= 11 is 0. The van der Waals surface area contributed by atoms with E-state index in [1.807, 2.05) is 48.7 Å².